The van der Waals surface area contributed by atoms with Gasteiger partial charge in [-0.2, -0.15) is 0 Å². The molecule has 2 rings (SSSR count). The van der Waals surface area contributed by atoms with Gasteiger partial charge in [0.25, 0.3) is 5.91 Å². The monoisotopic (exact) mass is 246 g/mol. The van der Waals surface area contributed by atoms with Crippen LogP contribution in [0.1, 0.15) is 5.56 Å². The fourth-order valence-electron chi connectivity index (χ4n) is 1.75. The lowest BCUT2D eigenvalue weighted by Gasteiger charge is -2.07. The lowest BCUT2D eigenvalue weighted by atomic mass is 10.2. The van der Waals surface area contributed by atoms with Crippen molar-refractivity contribution in [3.63, 3.8) is 0 Å². The van der Waals surface area contributed by atoms with Gasteiger partial charge in [-0.1, -0.05) is 12.1 Å². The third kappa shape index (κ3) is 1.95. The summed E-state index contributed by atoms with van der Waals surface area (Å²) in [5.74, 6) is 0.453. The smallest absolute Gasteiger partial charge is 0.331 e. The molecule has 1 aliphatic heterocycles. The summed E-state index contributed by atoms with van der Waals surface area (Å²) in [6.45, 7) is 0. The molecule has 0 bridgehead atoms. The molecule has 5 nitrogen and oxygen atoms in total. The number of carbonyl (C=O) groups is 2. The lowest BCUT2D eigenvalue weighted by Crippen LogP contribution is -2.27. The van der Waals surface area contributed by atoms with Crippen LogP contribution in [0.25, 0.3) is 6.08 Å². The first-order valence-electron chi connectivity index (χ1n) is 5.46. The molecular formula is C13H14N2O3. The van der Waals surface area contributed by atoms with Crippen molar-refractivity contribution in [2.75, 3.05) is 21.2 Å². The first-order valence-corrected chi connectivity index (χ1v) is 5.46. The topological polar surface area (TPSA) is 49.9 Å². The zero-order valence-electron chi connectivity index (χ0n) is 10.5. The maximum absolute atomic E-state index is 11.8. The van der Waals surface area contributed by atoms with E-state index in [2.05, 4.69) is 0 Å². The summed E-state index contributed by atoms with van der Waals surface area (Å²) in [4.78, 5) is 25.8. The average Bonchev–Trinajstić information content (AvgIpc) is 2.57. The minimum atomic E-state index is -0.320. The van der Waals surface area contributed by atoms with Crippen LogP contribution >= 0.6 is 0 Å². The van der Waals surface area contributed by atoms with E-state index in [4.69, 9.17) is 4.74 Å². The Bertz CT molecular complexity index is 520. The van der Waals surface area contributed by atoms with E-state index in [-0.39, 0.29) is 11.9 Å². The fraction of sp³-hybridized carbons (Fsp3) is 0.231. The molecule has 0 saturated carbocycles. The van der Waals surface area contributed by atoms with Crippen molar-refractivity contribution in [1.82, 2.24) is 9.80 Å². The molecule has 5 heteroatoms. The SMILES string of the molecule is COc1ccc(/C=C2\C(=O)N(C)C(=O)N2C)cc1. The van der Waals surface area contributed by atoms with E-state index < -0.39 is 0 Å². The summed E-state index contributed by atoms with van der Waals surface area (Å²) >= 11 is 0. The van der Waals surface area contributed by atoms with Gasteiger partial charge in [0.1, 0.15) is 11.4 Å². The third-order valence-electron chi connectivity index (χ3n) is 2.88. The number of ether oxygens (including phenoxy) is 1. The van der Waals surface area contributed by atoms with Gasteiger partial charge in [-0.05, 0) is 23.8 Å². The Morgan fingerprint density at radius 1 is 1.06 bits per heavy atom. The van der Waals surface area contributed by atoms with Crippen molar-refractivity contribution >= 4 is 18.0 Å². The number of hydrogen-bond donors (Lipinski definition) is 0. The number of benzene rings is 1. The van der Waals surface area contributed by atoms with Gasteiger partial charge in [-0.25, -0.2) is 4.79 Å². The fourth-order valence-corrected chi connectivity index (χ4v) is 1.75. The van der Waals surface area contributed by atoms with Crippen LogP contribution in [-0.4, -0.2) is 42.9 Å². The van der Waals surface area contributed by atoms with Gasteiger partial charge in [0.2, 0.25) is 0 Å². The molecule has 1 saturated heterocycles. The molecule has 0 unspecified atom stereocenters. The molecule has 0 N–H and O–H groups in total. The van der Waals surface area contributed by atoms with Crippen LogP contribution in [0.2, 0.25) is 0 Å². The van der Waals surface area contributed by atoms with Crippen molar-refractivity contribution in [3.05, 3.63) is 35.5 Å². The standard InChI is InChI=1S/C13H14N2O3/c1-14-11(12(16)15(2)13(14)17)8-9-4-6-10(18-3)7-5-9/h4-8H,1-3H3/b11-8+. The van der Waals surface area contributed by atoms with Gasteiger partial charge in [0.15, 0.2) is 0 Å². The molecule has 1 aromatic carbocycles. The Morgan fingerprint density at radius 2 is 1.67 bits per heavy atom. The van der Waals surface area contributed by atoms with E-state index >= 15 is 0 Å². The molecule has 1 fully saturated rings. The zero-order valence-corrected chi connectivity index (χ0v) is 10.5. The highest BCUT2D eigenvalue weighted by Crippen LogP contribution is 2.21. The maximum Gasteiger partial charge on any atom is 0.331 e. The normalized spacial score (nSPS) is 17.8. The second-order valence-electron chi connectivity index (χ2n) is 4.01. The van der Waals surface area contributed by atoms with Crippen LogP contribution in [-0.2, 0) is 4.79 Å². The van der Waals surface area contributed by atoms with E-state index in [0.717, 1.165) is 16.2 Å². The van der Waals surface area contributed by atoms with E-state index in [1.54, 1.807) is 32.4 Å². The summed E-state index contributed by atoms with van der Waals surface area (Å²) in [7, 11) is 4.64. The number of amides is 3. The molecule has 1 aliphatic rings. The lowest BCUT2D eigenvalue weighted by molar-refractivity contribution is -0.122. The Labute approximate surface area is 105 Å². The molecule has 0 spiro atoms. The zero-order chi connectivity index (χ0) is 13.3. The molecule has 0 aromatic heterocycles. The second-order valence-corrected chi connectivity index (χ2v) is 4.01. The summed E-state index contributed by atoms with van der Waals surface area (Å²) in [6, 6.07) is 6.94. The van der Waals surface area contributed by atoms with Crippen LogP contribution in [0.5, 0.6) is 5.75 Å². The third-order valence-corrected chi connectivity index (χ3v) is 2.88. The van der Waals surface area contributed by atoms with Gasteiger partial charge in [-0.3, -0.25) is 14.6 Å². The number of methoxy groups -OCH3 is 1. The van der Waals surface area contributed by atoms with E-state index in [1.165, 1.54) is 11.9 Å². The predicted octanol–water partition coefficient (Wildman–Crippen LogP) is 1.56. The van der Waals surface area contributed by atoms with Crippen LogP contribution < -0.4 is 4.74 Å². The number of carbonyl (C=O) groups excluding carboxylic acids is 2. The largest absolute Gasteiger partial charge is 0.497 e. The van der Waals surface area contributed by atoms with Gasteiger partial charge in [-0.15, -0.1) is 0 Å². The van der Waals surface area contributed by atoms with Crippen molar-refractivity contribution in [2.45, 2.75) is 0 Å². The van der Waals surface area contributed by atoms with E-state index in [0.29, 0.717) is 5.70 Å². The van der Waals surface area contributed by atoms with Crippen molar-refractivity contribution in [1.29, 1.82) is 0 Å². The van der Waals surface area contributed by atoms with Crippen LogP contribution in [0.15, 0.2) is 30.0 Å². The molecule has 1 aromatic rings. The molecule has 0 radical (unpaired) electrons. The first-order chi connectivity index (χ1) is 8.54. The van der Waals surface area contributed by atoms with Gasteiger partial charge >= 0.3 is 6.03 Å². The van der Waals surface area contributed by atoms with Crippen molar-refractivity contribution < 1.29 is 14.3 Å². The van der Waals surface area contributed by atoms with Crippen molar-refractivity contribution in [2.24, 2.45) is 0 Å². The molecule has 0 atom stereocenters. The molecule has 3 amide bonds. The Morgan fingerprint density at radius 3 is 2.11 bits per heavy atom. The van der Waals surface area contributed by atoms with Crippen LogP contribution in [0.3, 0.4) is 0 Å². The Hall–Kier alpha value is -2.30. The van der Waals surface area contributed by atoms with Crippen LogP contribution in [0, 0.1) is 0 Å². The van der Waals surface area contributed by atoms with Gasteiger partial charge in [0.05, 0.1) is 7.11 Å². The minimum absolute atomic E-state index is 0.293. The maximum atomic E-state index is 11.8. The average molecular weight is 246 g/mol. The van der Waals surface area contributed by atoms with E-state index in [9.17, 15) is 9.59 Å². The summed E-state index contributed by atoms with van der Waals surface area (Å²) in [6.07, 6.45) is 1.68. The summed E-state index contributed by atoms with van der Waals surface area (Å²) in [5, 5.41) is 0. The molecule has 0 aliphatic carbocycles. The number of likely N-dealkylation sites (N-methyl/N-ethyl adjacent to an activating group) is 2. The first kappa shape index (κ1) is 12.2. The molecule has 1 heterocycles. The Balaban J connectivity index is 2.32. The molecule has 18 heavy (non-hydrogen) atoms. The quantitative estimate of drug-likeness (QED) is 0.587. The predicted molar refractivity (Wildman–Crippen MR) is 66.9 cm³/mol. The molecular weight excluding hydrogens is 232 g/mol. The minimum Gasteiger partial charge on any atom is -0.497 e. The number of hydrogen-bond acceptors (Lipinski definition) is 3. The second kappa shape index (κ2) is 4.52. The number of imide groups is 1. The van der Waals surface area contributed by atoms with Crippen LogP contribution in [0.4, 0.5) is 4.79 Å². The summed E-state index contributed by atoms with van der Waals surface area (Å²) < 4.78 is 5.06. The number of nitrogens with zero attached hydrogens (tertiary/aromatic N) is 2. The summed E-state index contributed by atoms with van der Waals surface area (Å²) in [5.41, 5.74) is 1.21. The van der Waals surface area contributed by atoms with Gasteiger partial charge in [0, 0.05) is 14.1 Å². The number of rotatable bonds is 2. The Kier molecular flexibility index (Phi) is 3.06. The van der Waals surface area contributed by atoms with E-state index in [1.807, 2.05) is 12.1 Å². The highest BCUT2D eigenvalue weighted by Gasteiger charge is 2.35. The highest BCUT2D eigenvalue weighted by molar-refractivity contribution is 6.13. The van der Waals surface area contributed by atoms with Crippen molar-refractivity contribution in [3.8, 4) is 5.75 Å². The van der Waals surface area contributed by atoms with Gasteiger partial charge < -0.3 is 4.74 Å². The number of urea groups is 1. The molecule has 94 valence electrons. The highest BCUT2D eigenvalue weighted by atomic mass is 16.5.